The molecule has 54 heteroatoms. The van der Waals surface area contributed by atoms with Crippen LogP contribution in [0.1, 0.15) is 154 Å². The number of aryl methyl sites for hydroxylation is 2. The number of ether oxygens (including phenoxy) is 2. The summed E-state index contributed by atoms with van der Waals surface area (Å²) in [4.78, 5) is 198. The number of imidazole rings is 2. The summed E-state index contributed by atoms with van der Waals surface area (Å²) in [5, 5.41) is 53.3. The molecule has 14 atom stereocenters. The van der Waals surface area contributed by atoms with E-state index in [1.54, 1.807) is 0 Å². The van der Waals surface area contributed by atoms with Crippen LogP contribution in [0, 0.1) is 21.7 Å². The van der Waals surface area contributed by atoms with E-state index in [9.17, 15) is 116 Å². The predicted octanol–water partition coefficient (Wildman–Crippen LogP) is -2.85. The maximum atomic E-state index is 13.3. The monoisotopic (exact) mass is 1810 g/mol. The van der Waals surface area contributed by atoms with Crippen LogP contribution >= 0.6 is 46.9 Å². The highest BCUT2D eigenvalue weighted by atomic mass is 31.3. The zero-order chi connectivity index (χ0) is 88.2. The van der Waals surface area contributed by atoms with E-state index in [4.69, 9.17) is 20.9 Å². The lowest BCUT2D eigenvalue weighted by molar-refractivity contribution is -0.348. The second kappa shape index (κ2) is 40.7. The Balaban J connectivity index is 0.568. The maximum Gasteiger partial charge on any atom is 0.274 e. The van der Waals surface area contributed by atoms with Gasteiger partial charge in [-0.15, -0.1) is 0 Å². The van der Waals surface area contributed by atoms with Gasteiger partial charge in [0.25, 0.3) is 31.3 Å². The van der Waals surface area contributed by atoms with Gasteiger partial charge in [-0.05, 0) is 75.3 Å². The number of carbonyl (C=O) groups excluding carboxylic acids is 6. The minimum absolute atomic E-state index is 0.0206. The van der Waals surface area contributed by atoms with E-state index < -0.39 is 180 Å². The molecule has 2 saturated heterocycles. The Kier molecular flexibility index (Phi) is 33.1. The van der Waals surface area contributed by atoms with Gasteiger partial charge in [0.15, 0.2) is 35.4 Å². The van der Waals surface area contributed by atoms with Crippen molar-refractivity contribution < 1.29 is 161 Å². The van der Waals surface area contributed by atoms with Gasteiger partial charge >= 0.3 is 0 Å². The number of amides is 4. The van der Waals surface area contributed by atoms with Crippen LogP contribution in [0.3, 0.4) is 0 Å². The minimum Gasteiger partial charge on any atom is -0.790 e. The summed E-state index contributed by atoms with van der Waals surface area (Å²) in [6.45, 7) is -0.431. The molecule has 2 aliphatic carbocycles. The first-order chi connectivity index (χ1) is 56.0. The van der Waals surface area contributed by atoms with Gasteiger partial charge in [0.1, 0.15) is 84.1 Å². The number of nitrogens with two attached hydrogens (primary N) is 2. The number of rotatable bonds is 52. The summed E-state index contributed by atoms with van der Waals surface area (Å²) >= 11 is 0. The van der Waals surface area contributed by atoms with Crippen LogP contribution in [0.2, 0.25) is 0 Å². The van der Waals surface area contributed by atoms with Crippen LogP contribution in [0.4, 0.5) is 11.6 Å². The normalized spacial score (nSPS) is 22.9. The molecule has 2 aliphatic heterocycles. The summed E-state index contributed by atoms with van der Waals surface area (Å²) in [6.07, 6.45) is -4.07. The zero-order valence-corrected chi connectivity index (χ0v) is 70.6. The Morgan fingerprint density at radius 1 is 0.508 bits per heavy atom. The molecular formula is C66H94N14O34P6-8. The number of phosphoric ester groups is 6. The lowest BCUT2D eigenvalue weighted by atomic mass is 9.87. The van der Waals surface area contributed by atoms with Crippen molar-refractivity contribution in [1.82, 2.24) is 60.3 Å². The van der Waals surface area contributed by atoms with E-state index in [2.05, 4.69) is 111 Å². The largest absolute Gasteiger partial charge is 0.790 e. The Labute approximate surface area is 685 Å². The van der Waals surface area contributed by atoms with Crippen molar-refractivity contribution in [2.45, 2.75) is 205 Å². The Morgan fingerprint density at radius 3 is 1.19 bits per heavy atom. The molecule has 4 fully saturated rings. The van der Waals surface area contributed by atoms with Crippen molar-refractivity contribution in [2.24, 2.45) is 21.7 Å². The number of aliphatic hydroxyl groups is 4. The van der Waals surface area contributed by atoms with Crippen molar-refractivity contribution in [3.8, 4) is 0 Å². The molecule has 4 amide bonds. The number of hydrogen-bond donors (Lipinski definition) is 10. The highest BCUT2D eigenvalue weighted by molar-refractivity contribution is 7.60. The Bertz CT molecular complexity index is 4450. The molecule has 0 spiro atoms. The summed E-state index contributed by atoms with van der Waals surface area (Å²) in [6, 6.07) is 8.44. The van der Waals surface area contributed by atoms with Gasteiger partial charge < -0.3 is 138 Å². The molecule has 1 aromatic carbocycles. The fourth-order valence-electron chi connectivity index (χ4n) is 13.4. The lowest BCUT2D eigenvalue weighted by Gasteiger charge is -2.36. The van der Waals surface area contributed by atoms with Gasteiger partial charge in [-0.2, -0.15) is 0 Å². The molecule has 48 nitrogen and oxygen atoms in total. The SMILES string of the molecule is CC(C)(COP(=O)([O-])OP(=O)([O-])OCC1OC(n2cnc3c(N)ncnc32)C(O)C1OP(=O)([O-])[O-])C(O)C(=O)NCCC(=O)NCCC(=O)C1(CCCCCc2ccc(CCCCCC3(C(=O)CCNC(=O)CCNC(=O)C(O)C(C)(C)COP(=O)([O-])OP(=O)([O-])OCC4OC(n5cnc6c(N)ncnc65)C(O)C4OP(=O)([O-])[O-])CC3)cc2)CC1. The number of benzene rings is 1. The highest BCUT2D eigenvalue weighted by Gasteiger charge is 2.52. The first kappa shape index (κ1) is 97.4. The quantitative estimate of drug-likeness (QED) is 0.0138. The molecule has 12 N–H and O–H groups in total. The van der Waals surface area contributed by atoms with E-state index in [0.717, 1.165) is 124 Å². The van der Waals surface area contributed by atoms with Crippen LogP contribution < -0.4 is 71.9 Å². The van der Waals surface area contributed by atoms with Crippen molar-refractivity contribution >= 4 is 116 Å². The number of phosphoric acid groups is 6. The standard InChI is InChI=1S/C66H102N14O34P6/c1-63(2,33-107-119(101,102)113-117(97,98)105-31-41-51(111-115(91,92)93)49(85)61(109-41)79-37-77-47-55(67)73-35-75-57(47)79)53(87)59(89)71-29-19-45(83)69-27-17-43(81)65(23-24-65)21-9-5-7-11-39-13-15-40(16-14-39)12-8-6-10-22-66(25-26-66)44(82)18-28-70-46(84)20-30-72-60(90)54(88)64(3,4)34-108-120(103,104)114-118(99,100)106-32-42-52(112-116(94,95)96)50(86)62(110-42)80-38-78-48-56(68)74-36-76-58(48)80/h13-16,35-38,41-42,49-54,61-62,85-88H,5-12,17-34H2,1-4H3,(H,69,83)(H,70,84)(H,71,89)(H,72,90)(H,97,98)(H,99,100)(H,101,102)(H,103,104)(H2,67,73,75)(H2,68,74,76)(H2,91,92,93)(H2,94,95,96)/p-8. The van der Waals surface area contributed by atoms with Crippen LogP contribution in [0.15, 0.2) is 49.6 Å². The van der Waals surface area contributed by atoms with Crippen LogP contribution in [-0.2, 0) is 114 Å². The molecule has 6 heterocycles. The number of ketones is 2. The molecule has 4 aromatic heterocycles. The number of hydrogen-bond acceptors (Lipinski definition) is 42. The number of nitrogens with one attached hydrogen (secondary N) is 4. The van der Waals surface area contributed by atoms with E-state index >= 15 is 0 Å². The average Bonchev–Trinajstić information content (AvgIpc) is 1.62. The van der Waals surface area contributed by atoms with Gasteiger partial charge in [0.2, 0.25) is 23.6 Å². The minimum atomic E-state index is -5.98. The lowest BCUT2D eigenvalue weighted by Crippen LogP contribution is -2.46. The van der Waals surface area contributed by atoms with Crippen molar-refractivity contribution in [1.29, 1.82) is 0 Å². The third-order valence-corrected chi connectivity index (χ3v) is 26.6. The third kappa shape index (κ3) is 27.8. The van der Waals surface area contributed by atoms with Crippen LogP contribution in [0.25, 0.3) is 22.3 Å². The summed E-state index contributed by atoms with van der Waals surface area (Å²) < 4.78 is 123. The molecule has 14 unspecified atom stereocenters. The average molecular weight is 1810 g/mol. The maximum absolute atomic E-state index is 13.3. The topological polar surface area (TPSA) is 750 Å². The number of carbonyl (C=O) groups is 6. The number of aromatic nitrogens is 8. The second-order valence-corrected chi connectivity index (χ2v) is 38.9. The molecule has 5 aromatic rings. The first-order valence-corrected chi connectivity index (χ1v) is 46.6. The van der Waals surface area contributed by atoms with Crippen LogP contribution in [-0.4, -0.2) is 196 Å². The van der Waals surface area contributed by atoms with Gasteiger partial charge in [-0.25, -0.2) is 38.5 Å². The number of Topliss-reactive ketones (excluding diaryl/α,β-unsaturated/α-hetero) is 2. The second-order valence-electron chi connectivity index (χ2n) is 30.8. The smallest absolute Gasteiger partial charge is 0.274 e. The van der Waals surface area contributed by atoms with E-state index in [1.807, 2.05) is 0 Å². The number of unbranched alkanes of at least 4 members (excludes halogenated alkanes) is 4. The number of aliphatic hydroxyl groups excluding tert-OH is 4. The molecule has 0 bridgehead atoms. The first-order valence-electron chi connectivity index (χ1n) is 37.8. The predicted molar refractivity (Wildman–Crippen MR) is 395 cm³/mol. The summed E-state index contributed by atoms with van der Waals surface area (Å²) in [5.74, 6) is -3.25. The van der Waals surface area contributed by atoms with E-state index in [0.29, 0.717) is 0 Å². The third-order valence-electron chi connectivity index (χ3n) is 20.6. The van der Waals surface area contributed by atoms with Gasteiger partial charge in [0, 0.05) is 73.5 Å². The molecule has 670 valence electrons. The number of fused-ring (bicyclic) bond motifs is 2. The van der Waals surface area contributed by atoms with Gasteiger partial charge in [-0.3, -0.25) is 56.2 Å². The molecule has 4 aliphatic rings. The molecule has 2 saturated carbocycles. The molecule has 0 radical (unpaired) electrons. The fraction of sp³-hybridized carbons (Fsp3) is 0.667. The van der Waals surface area contributed by atoms with E-state index in [1.165, 1.54) is 38.8 Å². The van der Waals surface area contributed by atoms with Crippen molar-refractivity contribution in [2.75, 3.05) is 64.1 Å². The fourth-order valence-corrected chi connectivity index (χ4v) is 18.9. The molecule has 120 heavy (non-hydrogen) atoms. The number of nitrogen functional groups attached to an aromatic ring is 2. The molecular weight excluding hydrogens is 1720 g/mol. The van der Waals surface area contributed by atoms with E-state index in [-0.39, 0.29) is 97.4 Å². The van der Waals surface area contributed by atoms with Crippen LogP contribution in [0.5, 0.6) is 0 Å². The number of anilines is 2. The summed E-state index contributed by atoms with van der Waals surface area (Å²) in [7, 11) is -35.6. The number of nitrogens with zero attached hydrogens (tertiary/aromatic N) is 8. The zero-order valence-electron chi connectivity index (χ0n) is 65.2. The van der Waals surface area contributed by atoms with Crippen molar-refractivity contribution in [3.63, 3.8) is 0 Å². The van der Waals surface area contributed by atoms with Crippen molar-refractivity contribution in [3.05, 3.63) is 60.7 Å². The summed E-state index contributed by atoms with van der Waals surface area (Å²) in [5.41, 5.74) is 9.51. The van der Waals surface area contributed by atoms with Gasteiger partial charge in [0.05, 0.1) is 54.7 Å². The Hall–Kier alpha value is -6.36. The van der Waals surface area contributed by atoms with Gasteiger partial charge in [-0.1, -0.05) is 77.6 Å². The Morgan fingerprint density at radius 2 is 0.850 bits per heavy atom. The molecule has 9 rings (SSSR count). The highest BCUT2D eigenvalue weighted by Crippen LogP contribution is 2.59.